The number of morpholine rings is 1. The van der Waals surface area contributed by atoms with Crippen molar-refractivity contribution in [2.24, 2.45) is 0 Å². The second kappa shape index (κ2) is 10.6. The number of nitrogens with zero attached hydrogens (tertiary/aromatic N) is 1. The number of hydrogen-bond acceptors (Lipinski definition) is 8. The number of rotatable bonds is 8. The Kier molecular flexibility index (Phi) is 7.60. The van der Waals surface area contributed by atoms with Crippen molar-refractivity contribution in [3.05, 3.63) is 47.5 Å². The molecule has 0 spiro atoms. The molecule has 4 unspecified atom stereocenters. The van der Waals surface area contributed by atoms with E-state index in [4.69, 9.17) is 18.9 Å². The van der Waals surface area contributed by atoms with Gasteiger partial charge < -0.3 is 24.1 Å². The summed E-state index contributed by atoms with van der Waals surface area (Å²) in [5, 5.41) is 10.8. The van der Waals surface area contributed by atoms with Gasteiger partial charge in [0.2, 0.25) is 0 Å². The van der Waals surface area contributed by atoms with E-state index in [1.54, 1.807) is 20.3 Å². The van der Waals surface area contributed by atoms with Gasteiger partial charge in [-0.2, -0.15) is 0 Å². The maximum absolute atomic E-state index is 10.8. The Bertz CT molecular complexity index is 930. The maximum Gasteiger partial charge on any atom is 0.160 e. The highest BCUT2D eigenvalue weighted by Gasteiger charge is 2.32. The Morgan fingerprint density at radius 3 is 2.48 bits per heavy atom. The highest BCUT2D eigenvalue weighted by atomic mass is 16.5. The normalized spacial score (nSPS) is 25.7. The third-order valence-electron chi connectivity index (χ3n) is 6.33. The number of nitrogens with one attached hydrogen (secondary N) is 2. The molecule has 4 rings (SSSR count). The zero-order valence-electron chi connectivity index (χ0n) is 19.8. The quantitative estimate of drug-likeness (QED) is 0.558. The first kappa shape index (κ1) is 23.6. The zero-order chi connectivity index (χ0) is 23.4. The van der Waals surface area contributed by atoms with E-state index in [1.165, 1.54) is 0 Å². The van der Waals surface area contributed by atoms with Gasteiger partial charge in [-0.3, -0.25) is 10.3 Å². The first-order valence-electron chi connectivity index (χ1n) is 11.5. The summed E-state index contributed by atoms with van der Waals surface area (Å²) in [7, 11) is 3.26. The summed E-state index contributed by atoms with van der Waals surface area (Å²) in [6.45, 7) is 8.15. The van der Waals surface area contributed by atoms with E-state index in [0.29, 0.717) is 23.9 Å². The maximum atomic E-state index is 10.8. The van der Waals surface area contributed by atoms with Crippen LogP contribution in [-0.4, -0.2) is 69.2 Å². The van der Waals surface area contributed by atoms with Crippen LogP contribution in [0.3, 0.4) is 0 Å². The number of methoxy groups -OCH3 is 2. The van der Waals surface area contributed by atoms with Crippen LogP contribution in [0.4, 0.5) is 0 Å². The molecule has 33 heavy (non-hydrogen) atoms. The lowest BCUT2D eigenvalue weighted by Gasteiger charge is -2.35. The molecule has 2 aromatic rings. The predicted molar refractivity (Wildman–Crippen MR) is 126 cm³/mol. The first-order valence-corrected chi connectivity index (χ1v) is 11.5. The lowest BCUT2D eigenvalue weighted by molar-refractivity contribution is -0.0699. The molecule has 2 heterocycles. The van der Waals surface area contributed by atoms with E-state index in [0.717, 1.165) is 37.3 Å². The van der Waals surface area contributed by atoms with Crippen molar-refractivity contribution in [1.82, 2.24) is 15.8 Å². The molecule has 0 aromatic heterocycles. The lowest BCUT2D eigenvalue weighted by Crippen LogP contribution is -2.46. The van der Waals surface area contributed by atoms with Gasteiger partial charge in [0.25, 0.3) is 0 Å². The third-order valence-corrected chi connectivity index (χ3v) is 6.33. The largest absolute Gasteiger partial charge is 0.507 e. The summed E-state index contributed by atoms with van der Waals surface area (Å²) in [5.41, 5.74) is 8.45. The third kappa shape index (κ3) is 5.52. The molecule has 2 aromatic carbocycles. The first-order chi connectivity index (χ1) is 16.0. The minimum absolute atomic E-state index is 0.0894. The summed E-state index contributed by atoms with van der Waals surface area (Å²) in [5.74, 6) is 2.39. The number of hydrogen-bond donors (Lipinski definition) is 3. The van der Waals surface area contributed by atoms with Crippen LogP contribution >= 0.6 is 0 Å². The Balaban J connectivity index is 1.41. The van der Waals surface area contributed by atoms with Crippen LogP contribution in [0.1, 0.15) is 36.9 Å². The van der Waals surface area contributed by atoms with Crippen molar-refractivity contribution in [2.45, 2.75) is 38.0 Å². The Labute approximate surface area is 195 Å². The molecule has 0 amide bonds. The van der Waals surface area contributed by atoms with Crippen LogP contribution in [0.25, 0.3) is 0 Å². The smallest absolute Gasteiger partial charge is 0.160 e. The van der Waals surface area contributed by atoms with Crippen LogP contribution < -0.4 is 25.1 Å². The summed E-state index contributed by atoms with van der Waals surface area (Å²) in [6, 6.07) is 11.4. The second-order valence-corrected chi connectivity index (χ2v) is 8.81. The van der Waals surface area contributed by atoms with Crippen molar-refractivity contribution < 1.29 is 24.1 Å². The van der Waals surface area contributed by atoms with Crippen LogP contribution in [0.15, 0.2) is 36.4 Å². The number of hydrazine groups is 1. The standard InChI is InChI=1S/C25H35N3O5/c1-16-14-28(15-17(2)33-16)9-10-32-19-6-7-20(22(29)12-19)25-21(13-26-27-25)18-5-8-23(30-3)24(11-18)31-4/h5-8,11-12,16-17,21,25-27,29H,9-10,13-15H2,1-4H3. The van der Waals surface area contributed by atoms with Gasteiger partial charge in [0.05, 0.1) is 32.5 Å². The molecule has 8 nitrogen and oxygen atoms in total. The Morgan fingerprint density at radius 2 is 1.79 bits per heavy atom. The second-order valence-electron chi connectivity index (χ2n) is 8.81. The lowest BCUT2D eigenvalue weighted by atomic mass is 9.88. The fourth-order valence-corrected chi connectivity index (χ4v) is 4.82. The average Bonchev–Trinajstić information content (AvgIpc) is 3.27. The van der Waals surface area contributed by atoms with Gasteiger partial charge in [-0.25, -0.2) is 5.43 Å². The van der Waals surface area contributed by atoms with E-state index in [2.05, 4.69) is 29.6 Å². The van der Waals surface area contributed by atoms with Crippen molar-refractivity contribution in [2.75, 3.05) is 47.0 Å². The molecule has 3 N–H and O–H groups in total. The van der Waals surface area contributed by atoms with Gasteiger partial charge in [0.1, 0.15) is 18.1 Å². The fourth-order valence-electron chi connectivity index (χ4n) is 4.82. The molecular formula is C25H35N3O5. The molecule has 8 heteroatoms. The molecule has 2 aliphatic heterocycles. The minimum atomic E-state index is -0.0894. The topological polar surface area (TPSA) is 84.5 Å². The highest BCUT2D eigenvalue weighted by Crippen LogP contribution is 2.40. The van der Waals surface area contributed by atoms with E-state index < -0.39 is 0 Å². The SMILES string of the molecule is COc1ccc(C2CNNC2c2ccc(OCCN3CC(C)OC(C)C3)cc2O)cc1OC. The molecule has 0 saturated carbocycles. The van der Waals surface area contributed by atoms with E-state index >= 15 is 0 Å². The van der Waals surface area contributed by atoms with Crippen LogP contribution in [0, 0.1) is 0 Å². The van der Waals surface area contributed by atoms with E-state index in [-0.39, 0.29) is 29.9 Å². The molecule has 4 atom stereocenters. The molecule has 2 saturated heterocycles. The van der Waals surface area contributed by atoms with Crippen LogP contribution in [0.2, 0.25) is 0 Å². The summed E-state index contributed by atoms with van der Waals surface area (Å²) >= 11 is 0. The molecule has 0 aliphatic carbocycles. The van der Waals surface area contributed by atoms with Gasteiger partial charge in [-0.05, 0) is 37.6 Å². The average molecular weight is 458 g/mol. The number of phenols is 1. The number of aromatic hydroxyl groups is 1. The summed E-state index contributed by atoms with van der Waals surface area (Å²) in [6.07, 6.45) is 0.478. The molecule has 0 radical (unpaired) electrons. The van der Waals surface area contributed by atoms with Gasteiger partial charge in [0.15, 0.2) is 11.5 Å². The van der Waals surface area contributed by atoms with Crippen LogP contribution in [-0.2, 0) is 4.74 Å². The number of phenolic OH excluding ortho intramolecular Hbond substituents is 1. The molecule has 0 bridgehead atoms. The fraction of sp³-hybridized carbons (Fsp3) is 0.520. The van der Waals surface area contributed by atoms with Crippen molar-refractivity contribution >= 4 is 0 Å². The molecular weight excluding hydrogens is 422 g/mol. The Morgan fingerprint density at radius 1 is 1.03 bits per heavy atom. The molecule has 2 fully saturated rings. The van der Waals surface area contributed by atoms with Crippen molar-refractivity contribution in [3.63, 3.8) is 0 Å². The van der Waals surface area contributed by atoms with Crippen molar-refractivity contribution in [1.29, 1.82) is 0 Å². The van der Waals surface area contributed by atoms with Gasteiger partial charge in [0, 0.05) is 43.7 Å². The highest BCUT2D eigenvalue weighted by molar-refractivity contribution is 5.47. The van der Waals surface area contributed by atoms with E-state index in [1.807, 2.05) is 30.3 Å². The zero-order valence-corrected chi connectivity index (χ0v) is 19.8. The minimum Gasteiger partial charge on any atom is -0.507 e. The van der Waals surface area contributed by atoms with Gasteiger partial charge in [-0.15, -0.1) is 0 Å². The monoisotopic (exact) mass is 457 g/mol. The predicted octanol–water partition coefficient (Wildman–Crippen LogP) is 2.83. The van der Waals surface area contributed by atoms with Gasteiger partial charge >= 0.3 is 0 Å². The van der Waals surface area contributed by atoms with Gasteiger partial charge in [-0.1, -0.05) is 12.1 Å². The molecule has 180 valence electrons. The summed E-state index contributed by atoms with van der Waals surface area (Å²) < 4.78 is 22.5. The van der Waals surface area contributed by atoms with Crippen molar-refractivity contribution in [3.8, 4) is 23.0 Å². The number of ether oxygens (including phenoxy) is 4. The van der Waals surface area contributed by atoms with E-state index in [9.17, 15) is 5.11 Å². The summed E-state index contributed by atoms with van der Waals surface area (Å²) in [4.78, 5) is 2.36. The van der Waals surface area contributed by atoms with Crippen LogP contribution in [0.5, 0.6) is 23.0 Å². The Hall–Kier alpha value is -2.52. The molecule has 2 aliphatic rings. The number of benzene rings is 2.